The molecule has 1 aliphatic rings. The Morgan fingerprint density at radius 1 is 1.00 bits per heavy atom. The second-order valence-corrected chi connectivity index (χ2v) is 14.5. The van der Waals surface area contributed by atoms with Crippen LogP contribution in [-0.4, -0.2) is 101 Å². The van der Waals surface area contributed by atoms with Crippen molar-refractivity contribution in [2.45, 2.75) is 63.2 Å². The number of rotatable bonds is 10. The highest BCUT2D eigenvalue weighted by molar-refractivity contribution is 7.92. The molecule has 3 amide bonds. The van der Waals surface area contributed by atoms with E-state index in [2.05, 4.69) is 10.0 Å². The average Bonchev–Trinajstić information content (AvgIpc) is 3.12. The van der Waals surface area contributed by atoms with Crippen LogP contribution in [0.4, 0.5) is 16.2 Å². The van der Waals surface area contributed by atoms with Gasteiger partial charge in [-0.05, 0) is 99.8 Å². The van der Waals surface area contributed by atoms with Gasteiger partial charge in [0.15, 0.2) is 0 Å². The standard InChI is InChI=1S/C37H50N4O9S/c1-25-22-41(26(2)24-42)36(43)33-21-29(39-51(45,46)32-17-15-31(48-6)16-18-32)12-19-34(33)50-27(3)9-7-8-20-49-35(25)23-40(4)37(44)38-28-10-13-30(47-5)14-11-28/h10-19,21,25-27,35,39,42H,7-9,20,22-24H2,1-6H3,(H,38,44)/t25-,26+,27+,35-/m0/s1. The van der Waals surface area contributed by atoms with Gasteiger partial charge in [0.05, 0.1) is 49.5 Å². The van der Waals surface area contributed by atoms with E-state index in [0.29, 0.717) is 36.0 Å². The van der Waals surface area contributed by atoms with E-state index in [1.807, 2.05) is 13.8 Å². The quantitative estimate of drug-likeness (QED) is 0.247. The highest BCUT2D eigenvalue weighted by Gasteiger charge is 2.31. The van der Waals surface area contributed by atoms with Gasteiger partial charge in [0.2, 0.25) is 0 Å². The van der Waals surface area contributed by atoms with Crippen molar-refractivity contribution < 1.29 is 42.1 Å². The zero-order valence-corrected chi connectivity index (χ0v) is 30.9. The van der Waals surface area contributed by atoms with Crippen molar-refractivity contribution in [3.63, 3.8) is 0 Å². The van der Waals surface area contributed by atoms with Crippen LogP contribution in [0, 0.1) is 5.92 Å². The normalized spacial score (nSPS) is 19.5. The lowest BCUT2D eigenvalue weighted by Crippen LogP contribution is -2.48. The van der Waals surface area contributed by atoms with Gasteiger partial charge >= 0.3 is 6.03 Å². The van der Waals surface area contributed by atoms with Crippen molar-refractivity contribution in [3.8, 4) is 17.2 Å². The summed E-state index contributed by atoms with van der Waals surface area (Å²) in [5.41, 5.74) is 0.933. The molecule has 3 aromatic carbocycles. The van der Waals surface area contributed by atoms with E-state index in [9.17, 15) is 23.1 Å². The molecular weight excluding hydrogens is 676 g/mol. The number of carbonyl (C=O) groups is 2. The highest BCUT2D eigenvalue weighted by Crippen LogP contribution is 2.30. The lowest BCUT2D eigenvalue weighted by molar-refractivity contribution is -0.0115. The number of hydrogen-bond acceptors (Lipinski definition) is 9. The Hall–Kier alpha value is -4.53. The summed E-state index contributed by atoms with van der Waals surface area (Å²) in [5, 5.41) is 13.1. The molecule has 3 aromatic rings. The minimum atomic E-state index is -4.01. The molecule has 3 N–H and O–H groups in total. The molecular formula is C37H50N4O9S. The van der Waals surface area contributed by atoms with Crippen molar-refractivity contribution in [1.29, 1.82) is 0 Å². The fourth-order valence-corrected chi connectivity index (χ4v) is 6.71. The summed E-state index contributed by atoms with van der Waals surface area (Å²) >= 11 is 0. The van der Waals surface area contributed by atoms with E-state index in [1.54, 1.807) is 79.4 Å². The molecule has 0 unspecified atom stereocenters. The number of urea groups is 1. The Balaban J connectivity index is 1.61. The number of anilines is 2. The molecule has 1 heterocycles. The molecule has 51 heavy (non-hydrogen) atoms. The predicted molar refractivity (Wildman–Crippen MR) is 195 cm³/mol. The van der Waals surface area contributed by atoms with Gasteiger partial charge in [-0.3, -0.25) is 9.52 Å². The third-order valence-electron chi connectivity index (χ3n) is 8.82. The molecule has 1 aliphatic heterocycles. The fourth-order valence-electron chi connectivity index (χ4n) is 5.66. The number of fused-ring (bicyclic) bond motifs is 1. The van der Waals surface area contributed by atoms with Crippen molar-refractivity contribution in [2.24, 2.45) is 5.92 Å². The molecule has 4 atom stereocenters. The van der Waals surface area contributed by atoms with Crippen LogP contribution in [0.1, 0.15) is 50.4 Å². The van der Waals surface area contributed by atoms with Gasteiger partial charge in [-0.1, -0.05) is 6.92 Å². The Kier molecular flexibility index (Phi) is 13.9. The van der Waals surface area contributed by atoms with Gasteiger partial charge in [-0.15, -0.1) is 0 Å². The van der Waals surface area contributed by atoms with Crippen LogP contribution in [0.25, 0.3) is 0 Å². The van der Waals surface area contributed by atoms with Gasteiger partial charge in [0.1, 0.15) is 17.2 Å². The van der Waals surface area contributed by atoms with E-state index in [0.717, 1.165) is 12.8 Å². The maximum absolute atomic E-state index is 14.4. The smallest absolute Gasteiger partial charge is 0.321 e. The third-order valence-corrected chi connectivity index (χ3v) is 10.2. The van der Waals surface area contributed by atoms with Crippen molar-refractivity contribution in [3.05, 3.63) is 72.3 Å². The SMILES string of the molecule is COc1ccc(NC(=O)N(C)C[C@@H]2OCCCC[C@@H](C)Oc3ccc(NS(=O)(=O)c4ccc(OC)cc4)cc3C(=O)N([C@H](C)CO)C[C@@H]2C)cc1. The van der Waals surface area contributed by atoms with Crippen molar-refractivity contribution in [2.75, 3.05) is 57.6 Å². The minimum Gasteiger partial charge on any atom is -0.497 e. The molecule has 0 fully saturated rings. The second kappa shape index (κ2) is 18.1. The van der Waals surface area contributed by atoms with Gasteiger partial charge < -0.3 is 39.2 Å². The van der Waals surface area contributed by atoms with Gasteiger partial charge in [0.25, 0.3) is 15.9 Å². The Morgan fingerprint density at radius 3 is 2.25 bits per heavy atom. The summed E-state index contributed by atoms with van der Waals surface area (Å²) in [6, 6.07) is 16.7. The number of hydrogen-bond donors (Lipinski definition) is 3. The van der Waals surface area contributed by atoms with Crippen LogP contribution in [0.2, 0.25) is 0 Å². The molecule has 0 radical (unpaired) electrons. The number of likely N-dealkylation sites (N-methyl/N-ethyl adjacent to an activating group) is 1. The summed E-state index contributed by atoms with van der Waals surface area (Å²) in [6.45, 7) is 6.14. The number of sulfonamides is 1. The first kappa shape index (κ1) is 39.3. The first-order valence-electron chi connectivity index (χ1n) is 17.0. The van der Waals surface area contributed by atoms with Crippen LogP contribution < -0.4 is 24.2 Å². The number of aliphatic hydroxyl groups excluding tert-OH is 1. The molecule has 0 saturated heterocycles. The Bertz CT molecular complexity index is 1700. The number of methoxy groups -OCH3 is 2. The van der Waals surface area contributed by atoms with E-state index in [-0.39, 0.29) is 53.9 Å². The van der Waals surface area contributed by atoms with Gasteiger partial charge in [-0.2, -0.15) is 0 Å². The molecule has 13 nitrogen and oxygen atoms in total. The molecule has 4 rings (SSSR count). The van der Waals surface area contributed by atoms with E-state index < -0.39 is 28.1 Å². The zero-order valence-electron chi connectivity index (χ0n) is 30.1. The molecule has 0 saturated carbocycles. The van der Waals surface area contributed by atoms with Crippen LogP contribution in [0.5, 0.6) is 17.2 Å². The number of nitrogens with one attached hydrogen (secondary N) is 2. The molecule has 0 spiro atoms. The van der Waals surface area contributed by atoms with E-state index in [1.165, 1.54) is 25.3 Å². The topological polar surface area (TPSA) is 156 Å². The maximum atomic E-state index is 14.4. The predicted octanol–water partition coefficient (Wildman–Crippen LogP) is 5.46. The Labute approximate surface area is 300 Å². The molecule has 0 aromatic heterocycles. The first-order chi connectivity index (χ1) is 24.3. The Morgan fingerprint density at radius 2 is 1.63 bits per heavy atom. The van der Waals surface area contributed by atoms with Crippen LogP contribution in [0.15, 0.2) is 71.6 Å². The largest absolute Gasteiger partial charge is 0.497 e. The number of ether oxygens (including phenoxy) is 4. The third kappa shape index (κ3) is 10.7. The van der Waals surface area contributed by atoms with E-state index >= 15 is 0 Å². The molecule has 14 heteroatoms. The number of nitrogens with zero attached hydrogens (tertiary/aromatic N) is 2. The first-order valence-corrected chi connectivity index (χ1v) is 18.5. The lowest BCUT2D eigenvalue weighted by Gasteiger charge is -2.35. The van der Waals surface area contributed by atoms with Crippen LogP contribution >= 0.6 is 0 Å². The van der Waals surface area contributed by atoms with E-state index in [4.69, 9.17) is 18.9 Å². The number of benzene rings is 3. The second-order valence-electron chi connectivity index (χ2n) is 12.8. The number of amides is 3. The summed E-state index contributed by atoms with van der Waals surface area (Å²) in [7, 11) is 0.746. The monoisotopic (exact) mass is 726 g/mol. The zero-order chi connectivity index (χ0) is 37.1. The summed E-state index contributed by atoms with van der Waals surface area (Å²) in [6.07, 6.45) is 1.54. The van der Waals surface area contributed by atoms with Crippen LogP contribution in [0.3, 0.4) is 0 Å². The average molecular weight is 727 g/mol. The maximum Gasteiger partial charge on any atom is 0.321 e. The highest BCUT2D eigenvalue weighted by atomic mass is 32.2. The summed E-state index contributed by atoms with van der Waals surface area (Å²) in [5.74, 6) is 0.775. The lowest BCUT2D eigenvalue weighted by atomic mass is 10.0. The molecule has 0 aliphatic carbocycles. The molecule has 0 bridgehead atoms. The van der Waals surface area contributed by atoms with Crippen molar-refractivity contribution in [1.82, 2.24) is 9.80 Å². The van der Waals surface area contributed by atoms with Crippen LogP contribution in [-0.2, 0) is 14.8 Å². The van der Waals surface area contributed by atoms with Crippen molar-refractivity contribution >= 4 is 33.3 Å². The van der Waals surface area contributed by atoms with Gasteiger partial charge in [-0.25, -0.2) is 13.2 Å². The molecule has 278 valence electrons. The summed E-state index contributed by atoms with van der Waals surface area (Å²) in [4.78, 5) is 30.7. The fraction of sp³-hybridized carbons (Fsp3) is 0.459. The number of carbonyl (C=O) groups excluding carboxylic acids is 2. The minimum absolute atomic E-state index is 0.0256. The summed E-state index contributed by atoms with van der Waals surface area (Å²) < 4.78 is 52.1. The van der Waals surface area contributed by atoms with Gasteiger partial charge in [0, 0.05) is 44.0 Å². The number of aliphatic hydroxyl groups is 1.